The minimum Gasteiger partial charge on any atom is -0.480 e. The van der Waals surface area contributed by atoms with Crippen LogP contribution in [0.5, 0.6) is 0 Å². The van der Waals surface area contributed by atoms with Crippen LogP contribution in [0.15, 0.2) is 12.8 Å². The summed E-state index contributed by atoms with van der Waals surface area (Å²) < 4.78 is 4.94. The van der Waals surface area contributed by atoms with Gasteiger partial charge in [0.25, 0.3) is 0 Å². The molecule has 0 saturated carbocycles. The fourth-order valence-corrected chi connectivity index (χ4v) is 0.670. The van der Waals surface area contributed by atoms with Crippen molar-refractivity contribution in [3.8, 4) is 0 Å². The highest BCUT2D eigenvalue weighted by atomic mass is 16.6. The van der Waals surface area contributed by atoms with Crippen LogP contribution in [0.25, 0.3) is 0 Å². The zero-order chi connectivity index (χ0) is 11.4. The van der Waals surface area contributed by atoms with E-state index in [-0.39, 0.29) is 0 Å². The lowest BCUT2D eigenvalue weighted by Crippen LogP contribution is -2.36. The average molecular weight is 201 g/mol. The molecule has 0 aliphatic carbocycles. The Morgan fingerprint density at radius 1 is 1.50 bits per heavy atom. The van der Waals surface area contributed by atoms with Crippen molar-refractivity contribution in [3.05, 3.63) is 12.8 Å². The highest BCUT2D eigenvalue weighted by Crippen LogP contribution is 2.09. The largest absolute Gasteiger partial charge is 0.480 e. The van der Waals surface area contributed by atoms with Gasteiger partial charge < -0.3 is 9.84 Å². The van der Waals surface area contributed by atoms with Crippen molar-refractivity contribution in [2.45, 2.75) is 26.4 Å². The summed E-state index contributed by atoms with van der Waals surface area (Å²) >= 11 is 0. The van der Waals surface area contributed by atoms with Crippen molar-refractivity contribution in [2.75, 3.05) is 6.54 Å². The van der Waals surface area contributed by atoms with E-state index >= 15 is 0 Å². The summed E-state index contributed by atoms with van der Waals surface area (Å²) in [6, 6.07) is 0. The van der Waals surface area contributed by atoms with Crippen molar-refractivity contribution in [2.24, 2.45) is 0 Å². The second-order valence-electron chi connectivity index (χ2n) is 3.68. The monoisotopic (exact) mass is 201 g/mol. The van der Waals surface area contributed by atoms with Gasteiger partial charge in [-0.3, -0.25) is 9.69 Å². The number of hydrogen-bond donors (Lipinski definition) is 1. The molecular weight excluding hydrogens is 186 g/mol. The maximum atomic E-state index is 11.3. The number of carbonyl (C=O) groups excluding carboxylic acids is 1. The Kier molecular flexibility index (Phi) is 4.14. The lowest BCUT2D eigenvalue weighted by molar-refractivity contribution is -0.137. The Balaban J connectivity index is 4.33. The Morgan fingerprint density at radius 2 is 2.00 bits per heavy atom. The third kappa shape index (κ3) is 5.18. The van der Waals surface area contributed by atoms with Gasteiger partial charge in [0.15, 0.2) is 0 Å². The van der Waals surface area contributed by atoms with Gasteiger partial charge in [0.2, 0.25) is 0 Å². The fourth-order valence-electron chi connectivity index (χ4n) is 0.670. The van der Waals surface area contributed by atoms with E-state index in [2.05, 4.69) is 6.58 Å². The summed E-state index contributed by atoms with van der Waals surface area (Å²) in [5, 5.41) is 8.46. The third-order valence-electron chi connectivity index (χ3n) is 1.15. The van der Waals surface area contributed by atoms with E-state index in [0.717, 1.165) is 11.1 Å². The second kappa shape index (κ2) is 4.64. The van der Waals surface area contributed by atoms with Crippen molar-refractivity contribution in [3.63, 3.8) is 0 Å². The predicted molar refractivity (Wildman–Crippen MR) is 50.8 cm³/mol. The number of carboxylic acid groups (broad SMARTS) is 1. The molecule has 1 amide bonds. The van der Waals surface area contributed by atoms with Gasteiger partial charge in [0.1, 0.15) is 12.1 Å². The molecule has 80 valence electrons. The molecule has 0 atom stereocenters. The quantitative estimate of drug-likeness (QED) is 0.750. The van der Waals surface area contributed by atoms with E-state index < -0.39 is 24.2 Å². The first kappa shape index (κ1) is 12.5. The minimum atomic E-state index is -1.12. The SMILES string of the molecule is C=CN(CC(=O)O)C(=O)OC(C)(C)C. The van der Waals surface area contributed by atoms with Gasteiger partial charge in [-0.15, -0.1) is 0 Å². The molecule has 5 nitrogen and oxygen atoms in total. The lowest BCUT2D eigenvalue weighted by atomic mass is 10.2. The average Bonchev–Trinajstić information content (AvgIpc) is 1.96. The summed E-state index contributed by atoms with van der Waals surface area (Å²) in [6.07, 6.45) is 0.414. The molecule has 1 N–H and O–H groups in total. The van der Waals surface area contributed by atoms with Crippen LogP contribution in [0.1, 0.15) is 20.8 Å². The van der Waals surface area contributed by atoms with Crippen molar-refractivity contribution >= 4 is 12.1 Å². The molecule has 0 spiro atoms. The van der Waals surface area contributed by atoms with Gasteiger partial charge in [-0.05, 0) is 20.8 Å². The number of amides is 1. The van der Waals surface area contributed by atoms with E-state index in [1.807, 2.05) is 0 Å². The molecular formula is C9H15NO4. The Hall–Kier alpha value is -1.52. The highest BCUT2D eigenvalue weighted by molar-refractivity contribution is 5.77. The molecule has 0 heterocycles. The smallest absolute Gasteiger partial charge is 0.414 e. The van der Waals surface area contributed by atoms with Crippen LogP contribution in [0.3, 0.4) is 0 Å². The van der Waals surface area contributed by atoms with Crippen LogP contribution < -0.4 is 0 Å². The number of ether oxygens (including phenoxy) is 1. The number of aliphatic carboxylic acids is 1. The van der Waals surface area contributed by atoms with Crippen LogP contribution in [-0.4, -0.2) is 34.2 Å². The molecule has 0 saturated heterocycles. The zero-order valence-corrected chi connectivity index (χ0v) is 8.61. The first-order chi connectivity index (χ1) is 6.26. The molecule has 0 fully saturated rings. The first-order valence-corrected chi connectivity index (χ1v) is 4.10. The van der Waals surface area contributed by atoms with E-state index in [9.17, 15) is 9.59 Å². The Morgan fingerprint density at radius 3 is 2.29 bits per heavy atom. The number of nitrogens with zero attached hydrogens (tertiary/aromatic N) is 1. The molecule has 14 heavy (non-hydrogen) atoms. The van der Waals surface area contributed by atoms with Gasteiger partial charge in [-0.1, -0.05) is 6.58 Å². The van der Waals surface area contributed by atoms with Gasteiger partial charge in [0.05, 0.1) is 0 Å². The summed E-state index contributed by atoms with van der Waals surface area (Å²) in [4.78, 5) is 22.5. The van der Waals surface area contributed by atoms with Crippen LogP contribution in [-0.2, 0) is 9.53 Å². The molecule has 0 aliphatic heterocycles. The maximum absolute atomic E-state index is 11.3. The molecule has 0 aromatic carbocycles. The summed E-state index contributed by atoms with van der Waals surface area (Å²) in [5.74, 6) is -1.12. The highest BCUT2D eigenvalue weighted by Gasteiger charge is 2.21. The van der Waals surface area contributed by atoms with Crippen molar-refractivity contribution in [1.29, 1.82) is 0 Å². The molecule has 0 aliphatic rings. The maximum Gasteiger partial charge on any atom is 0.414 e. The number of carbonyl (C=O) groups is 2. The fraction of sp³-hybridized carbons (Fsp3) is 0.556. The topological polar surface area (TPSA) is 66.8 Å². The van der Waals surface area contributed by atoms with Crippen molar-refractivity contribution < 1.29 is 19.4 Å². The summed E-state index contributed by atoms with van der Waals surface area (Å²) in [5.41, 5.74) is -0.642. The minimum absolute atomic E-state index is 0.446. The predicted octanol–water partition coefficient (Wildman–Crippen LogP) is 1.45. The Bertz CT molecular complexity index is 242. The summed E-state index contributed by atoms with van der Waals surface area (Å²) in [7, 11) is 0. The van der Waals surface area contributed by atoms with Crippen LogP contribution >= 0.6 is 0 Å². The first-order valence-electron chi connectivity index (χ1n) is 4.10. The lowest BCUT2D eigenvalue weighted by Gasteiger charge is -2.23. The molecule has 0 bridgehead atoms. The molecule has 0 unspecified atom stereocenters. The normalized spacial score (nSPS) is 10.5. The van der Waals surface area contributed by atoms with Crippen LogP contribution in [0.2, 0.25) is 0 Å². The van der Waals surface area contributed by atoms with E-state index in [4.69, 9.17) is 9.84 Å². The number of hydrogen-bond acceptors (Lipinski definition) is 3. The van der Waals surface area contributed by atoms with Crippen molar-refractivity contribution in [1.82, 2.24) is 4.90 Å². The van der Waals surface area contributed by atoms with Gasteiger partial charge in [-0.2, -0.15) is 0 Å². The van der Waals surface area contributed by atoms with E-state index in [1.165, 1.54) is 0 Å². The van der Waals surface area contributed by atoms with Gasteiger partial charge in [-0.25, -0.2) is 4.79 Å². The number of carboxylic acids is 1. The van der Waals surface area contributed by atoms with Crippen LogP contribution in [0.4, 0.5) is 4.79 Å². The molecule has 0 aromatic heterocycles. The van der Waals surface area contributed by atoms with E-state index in [0.29, 0.717) is 0 Å². The standard InChI is InChI=1S/C9H15NO4/c1-5-10(6-7(11)12)8(13)14-9(2,3)4/h5H,1,6H2,2-4H3,(H,11,12). The zero-order valence-electron chi connectivity index (χ0n) is 8.61. The van der Waals surface area contributed by atoms with Crippen LogP contribution in [0, 0.1) is 0 Å². The molecule has 0 rings (SSSR count). The molecule has 0 radical (unpaired) electrons. The third-order valence-corrected chi connectivity index (χ3v) is 1.15. The Labute approximate surface area is 83.0 Å². The van der Waals surface area contributed by atoms with Gasteiger partial charge >= 0.3 is 12.1 Å². The molecule has 5 heteroatoms. The van der Waals surface area contributed by atoms with E-state index in [1.54, 1.807) is 20.8 Å². The molecule has 0 aromatic rings. The summed E-state index contributed by atoms with van der Waals surface area (Å²) in [6.45, 7) is 7.98. The second-order valence-corrected chi connectivity index (χ2v) is 3.68. The van der Waals surface area contributed by atoms with Gasteiger partial charge in [0, 0.05) is 6.20 Å². The number of rotatable bonds is 3.